The van der Waals surface area contributed by atoms with E-state index >= 15 is 0 Å². The molecule has 0 spiro atoms. The summed E-state index contributed by atoms with van der Waals surface area (Å²) in [5.41, 5.74) is 8.15. The molecule has 0 saturated heterocycles. The molecule has 1 rings (SSSR count). The molecular formula is C17H22S2. The molecule has 102 valence electrons. The Morgan fingerprint density at radius 2 is 1.68 bits per heavy atom. The first-order valence-electron chi connectivity index (χ1n) is 6.28. The standard InChI is InChI=1S/C17H22S2/c1-11(2)16(12(3)4)8-14-6-13(5)17(10-19)15(7-14)9-18/h6-8,18-19H,1,3,9-10H2,2,4-5H3. The van der Waals surface area contributed by atoms with Gasteiger partial charge < -0.3 is 0 Å². The molecule has 0 N–H and O–H groups in total. The van der Waals surface area contributed by atoms with Crippen molar-refractivity contribution in [3.8, 4) is 0 Å². The smallest absolute Gasteiger partial charge is 0.0159 e. The van der Waals surface area contributed by atoms with Gasteiger partial charge >= 0.3 is 0 Å². The summed E-state index contributed by atoms with van der Waals surface area (Å²) in [4.78, 5) is 0. The van der Waals surface area contributed by atoms with E-state index in [4.69, 9.17) is 0 Å². The molecule has 0 amide bonds. The van der Waals surface area contributed by atoms with Gasteiger partial charge in [0.1, 0.15) is 0 Å². The van der Waals surface area contributed by atoms with Crippen molar-refractivity contribution in [2.45, 2.75) is 32.3 Å². The third kappa shape index (κ3) is 4.05. The van der Waals surface area contributed by atoms with E-state index < -0.39 is 0 Å². The minimum Gasteiger partial charge on any atom is -0.175 e. The summed E-state index contributed by atoms with van der Waals surface area (Å²) in [6, 6.07) is 4.36. The highest BCUT2D eigenvalue weighted by Gasteiger charge is 2.06. The van der Waals surface area contributed by atoms with Crippen LogP contribution in [0.5, 0.6) is 0 Å². The number of allylic oxidation sites excluding steroid dienone is 3. The number of hydrogen-bond donors (Lipinski definition) is 2. The van der Waals surface area contributed by atoms with Crippen molar-refractivity contribution < 1.29 is 0 Å². The molecule has 0 nitrogen and oxygen atoms in total. The first-order valence-corrected chi connectivity index (χ1v) is 7.54. The van der Waals surface area contributed by atoms with Gasteiger partial charge in [0.25, 0.3) is 0 Å². The van der Waals surface area contributed by atoms with E-state index in [0.29, 0.717) is 0 Å². The fourth-order valence-corrected chi connectivity index (χ4v) is 2.88. The number of benzene rings is 1. The van der Waals surface area contributed by atoms with Crippen LogP contribution in [0, 0.1) is 6.92 Å². The summed E-state index contributed by atoms with van der Waals surface area (Å²) in [6.07, 6.45) is 2.15. The molecule has 0 aliphatic rings. The van der Waals surface area contributed by atoms with E-state index in [0.717, 1.165) is 28.2 Å². The lowest BCUT2D eigenvalue weighted by Gasteiger charge is -2.12. The van der Waals surface area contributed by atoms with Crippen LogP contribution in [0.15, 0.2) is 42.0 Å². The quantitative estimate of drug-likeness (QED) is 0.527. The lowest BCUT2D eigenvalue weighted by Crippen LogP contribution is -1.95. The van der Waals surface area contributed by atoms with Gasteiger partial charge in [-0.25, -0.2) is 0 Å². The van der Waals surface area contributed by atoms with E-state index in [1.165, 1.54) is 22.3 Å². The van der Waals surface area contributed by atoms with Crippen molar-refractivity contribution in [2.75, 3.05) is 0 Å². The Hall–Kier alpha value is -0.860. The van der Waals surface area contributed by atoms with Gasteiger partial charge in [0.2, 0.25) is 0 Å². The van der Waals surface area contributed by atoms with Crippen LogP contribution >= 0.6 is 25.3 Å². The number of hydrogen-bond acceptors (Lipinski definition) is 2. The topological polar surface area (TPSA) is 0 Å². The van der Waals surface area contributed by atoms with Crippen LogP contribution in [0.25, 0.3) is 6.08 Å². The van der Waals surface area contributed by atoms with Crippen molar-refractivity contribution in [3.05, 3.63) is 64.3 Å². The molecular weight excluding hydrogens is 268 g/mol. The van der Waals surface area contributed by atoms with Crippen LogP contribution < -0.4 is 0 Å². The third-order valence-corrected chi connectivity index (χ3v) is 3.80. The highest BCUT2D eigenvalue weighted by Crippen LogP contribution is 2.25. The normalized spacial score (nSPS) is 10.2. The van der Waals surface area contributed by atoms with Crippen LogP contribution in [0.2, 0.25) is 0 Å². The van der Waals surface area contributed by atoms with Gasteiger partial charge in [0.15, 0.2) is 0 Å². The van der Waals surface area contributed by atoms with E-state index in [1.807, 2.05) is 13.8 Å². The maximum Gasteiger partial charge on any atom is 0.0159 e. The summed E-state index contributed by atoms with van der Waals surface area (Å²) in [5, 5.41) is 0. The van der Waals surface area contributed by atoms with Gasteiger partial charge in [-0.05, 0) is 54.7 Å². The first kappa shape index (κ1) is 16.2. The summed E-state index contributed by atoms with van der Waals surface area (Å²) in [5.74, 6) is 1.48. The van der Waals surface area contributed by atoms with Gasteiger partial charge in [-0.15, -0.1) is 0 Å². The second-order valence-electron chi connectivity index (χ2n) is 4.91. The molecule has 0 unspecified atom stereocenters. The van der Waals surface area contributed by atoms with Gasteiger partial charge in [-0.3, -0.25) is 0 Å². The van der Waals surface area contributed by atoms with Crippen LogP contribution in [-0.2, 0) is 11.5 Å². The van der Waals surface area contributed by atoms with E-state index in [2.05, 4.69) is 63.5 Å². The van der Waals surface area contributed by atoms with Crippen molar-refractivity contribution in [1.82, 2.24) is 0 Å². The van der Waals surface area contributed by atoms with Gasteiger partial charge in [-0.1, -0.05) is 36.4 Å². The fraction of sp³-hybridized carbons (Fsp3) is 0.294. The molecule has 0 aliphatic heterocycles. The maximum absolute atomic E-state index is 4.41. The molecule has 0 radical (unpaired) electrons. The molecule has 19 heavy (non-hydrogen) atoms. The highest BCUT2D eigenvalue weighted by atomic mass is 32.1. The summed E-state index contributed by atoms with van der Waals surface area (Å²) in [6.45, 7) is 14.2. The van der Waals surface area contributed by atoms with Crippen LogP contribution in [0.4, 0.5) is 0 Å². The molecule has 0 saturated carbocycles. The summed E-state index contributed by atoms with van der Waals surface area (Å²) >= 11 is 8.81. The fourth-order valence-electron chi connectivity index (χ4n) is 2.15. The lowest BCUT2D eigenvalue weighted by atomic mass is 9.95. The zero-order valence-corrected chi connectivity index (χ0v) is 13.7. The largest absolute Gasteiger partial charge is 0.175 e. The molecule has 0 aliphatic carbocycles. The highest BCUT2D eigenvalue weighted by molar-refractivity contribution is 7.79. The zero-order chi connectivity index (χ0) is 14.6. The van der Waals surface area contributed by atoms with E-state index in [9.17, 15) is 0 Å². The summed E-state index contributed by atoms with van der Waals surface area (Å²) < 4.78 is 0. The van der Waals surface area contributed by atoms with Gasteiger partial charge in [-0.2, -0.15) is 25.3 Å². The minimum absolute atomic E-state index is 0.730. The van der Waals surface area contributed by atoms with Gasteiger partial charge in [0, 0.05) is 11.5 Å². The van der Waals surface area contributed by atoms with Crippen LogP contribution in [0.1, 0.15) is 36.1 Å². The second kappa shape index (κ2) is 7.06. The number of aryl methyl sites for hydroxylation is 1. The molecule has 0 fully saturated rings. The average Bonchev–Trinajstić information content (AvgIpc) is 2.34. The Bertz CT molecular complexity index is 520. The average molecular weight is 290 g/mol. The Kier molecular flexibility index (Phi) is 6.02. The third-order valence-electron chi connectivity index (χ3n) is 3.15. The Labute approximate surface area is 128 Å². The number of thiol groups is 2. The van der Waals surface area contributed by atoms with Crippen molar-refractivity contribution in [2.24, 2.45) is 0 Å². The number of rotatable bonds is 5. The minimum atomic E-state index is 0.730. The second-order valence-corrected chi connectivity index (χ2v) is 5.54. The molecule has 0 heterocycles. The predicted octanol–water partition coefficient (Wildman–Crippen LogP) is 5.39. The Morgan fingerprint density at radius 1 is 1.11 bits per heavy atom. The van der Waals surface area contributed by atoms with Crippen LogP contribution in [0.3, 0.4) is 0 Å². The molecule has 0 bridgehead atoms. The van der Waals surface area contributed by atoms with Crippen molar-refractivity contribution in [3.63, 3.8) is 0 Å². The predicted molar refractivity (Wildman–Crippen MR) is 94.2 cm³/mol. The van der Waals surface area contributed by atoms with Crippen molar-refractivity contribution >= 4 is 31.3 Å². The van der Waals surface area contributed by atoms with E-state index in [-0.39, 0.29) is 0 Å². The van der Waals surface area contributed by atoms with Gasteiger partial charge in [0.05, 0.1) is 0 Å². The molecule has 2 heteroatoms. The monoisotopic (exact) mass is 290 g/mol. The van der Waals surface area contributed by atoms with E-state index in [1.54, 1.807) is 0 Å². The lowest BCUT2D eigenvalue weighted by molar-refractivity contribution is 1.22. The Balaban J connectivity index is 3.36. The molecule has 1 aromatic carbocycles. The first-order chi connectivity index (χ1) is 8.90. The maximum atomic E-state index is 4.41. The Morgan fingerprint density at radius 3 is 2.11 bits per heavy atom. The summed E-state index contributed by atoms with van der Waals surface area (Å²) in [7, 11) is 0. The molecule has 1 aromatic rings. The zero-order valence-electron chi connectivity index (χ0n) is 12.0. The van der Waals surface area contributed by atoms with Crippen molar-refractivity contribution in [1.29, 1.82) is 0 Å². The SMILES string of the molecule is C=C(C)C(=Cc1cc(C)c(CS)c(CS)c1)C(=C)C. The van der Waals surface area contributed by atoms with Crippen LogP contribution in [-0.4, -0.2) is 0 Å². The molecule has 0 aromatic heterocycles. The molecule has 0 atom stereocenters.